The molecule has 19 heavy (non-hydrogen) atoms. The normalized spacial score (nSPS) is 13.4. The van der Waals surface area contributed by atoms with Crippen molar-refractivity contribution in [3.05, 3.63) is 0 Å². The second kappa shape index (κ2) is 4.24. The number of rotatable bonds is 3. The number of hydrogen-bond acceptors (Lipinski definition) is 4. The van der Waals surface area contributed by atoms with Gasteiger partial charge in [-0.25, -0.2) is 5.10 Å². The predicted molar refractivity (Wildman–Crippen MR) is 45.4 cm³/mol. The van der Waals surface area contributed by atoms with Crippen molar-refractivity contribution >= 4 is 17.8 Å². The predicted octanol–water partition coefficient (Wildman–Crippen LogP) is 1.16. The summed E-state index contributed by atoms with van der Waals surface area (Å²) in [6.07, 6.45) is -6.61. The molecule has 0 aliphatic carbocycles. The van der Waals surface area contributed by atoms with E-state index in [1.165, 1.54) is 0 Å². The molecule has 1 aromatic heterocycles. The summed E-state index contributed by atoms with van der Waals surface area (Å²) in [6.45, 7) is 0. The number of H-pyrrole nitrogens is 1. The lowest BCUT2D eigenvalue weighted by Gasteiger charge is -2.26. The Labute approximate surface area is 98.7 Å². The molecule has 1 rings (SSSR count). The molecule has 0 aromatic carbocycles. The average molecular weight is 295 g/mol. The van der Waals surface area contributed by atoms with Crippen LogP contribution >= 0.6 is 0 Å². The van der Waals surface area contributed by atoms with Crippen LogP contribution in [0.25, 0.3) is 0 Å². The summed E-state index contributed by atoms with van der Waals surface area (Å²) in [5.41, 5.74) is 4.92. The van der Waals surface area contributed by atoms with Gasteiger partial charge in [-0.3, -0.25) is 10.1 Å². The third kappa shape index (κ3) is 2.53. The van der Waals surface area contributed by atoms with Gasteiger partial charge in [0.15, 0.2) is 0 Å². The maximum absolute atomic E-state index is 12.8. The van der Waals surface area contributed by atoms with Crippen molar-refractivity contribution in [2.75, 3.05) is 11.1 Å². The number of amides is 1. The molecule has 0 aliphatic heterocycles. The van der Waals surface area contributed by atoms with Crippen molar-refractivity contribution in [1.82, 2.24) is 15.2 Å². The number of nitrogens with two attached hydrogens (primary N) is 1. The summed E-state index contributed by atoms with van der Waals surface area (Å²) in [5.74, 6) is -17.0. The lowest BCUT2D eigenvalue weighted by Crippen LogP contribution is -2.57. The van der Waals surface area contributed by atoms with E-state index >= 15 is 0 Å². The van der Waals surface area contributed by atoms with Gasteiger partial charge in [0.1, 0.15) is 0 Å². The Morgan fingerprint density at radius 3 is 2.05 bits per heavy atom. The smallest absolute Gasteiger partial charge is 0.368 e. The van der Waals surface area contributed by atoms with Crippen LogP contribution in [-0.2, 0) is 4.79 Å². The van der Waals surface area contributed by atoms with Crippen molar-refractivity contribution in [2.24, 2.45) is 0 Å². The van der Waals surface area contributed by atoms with Gasteiger partial charge in [0.2, 0.25) is 5.95 Å². The van der Waals surface area contributed by atoms with Gasteiger partial charge >= 0.3 is 23.9 Å². The fourth-order valence-corrected chi connectivity index (χ4v) is 0.831. The number of carbonyl (C=O) groups excluding carboxylic acids is 1. The third-order valence-corrected chi connectivity index (χ3v) is 1.76. The van der Waals surface area contributed by atoms with Crippen LogP contribution in [0.2, 0.25) is 0 Å². The fraction of sp³-hybridized carbons (Fsp3) is 0.500. The van der Waals surface area contributed by atoms with Crippen LogP contribution in [0.15, 0.2) is 0 Å². The molecular weight excluding hydrogens is 291 g/mol. The zero-order valence-electron chi connectivity index (χ0n) is 8.53. The van der Waals surface area contributed by atoms with Gasteiger partial charge in [-0.1, -0.05) is 0 Å². The molecule has 0 spiro atoms. The Bertz CT molecular complexity index is 481. The standard InChI is InChI=1S/C6H4F7N5O/c7-4(8,5(9,10)6(11,12)13)1(19)15-3-16-2(14)17-18-3/h(H4,14,15,16,17,18,19). The van der Waals surface area contributed by atoms with Gasteiger partial charge in [0.05, 0.1) is 0 Å². The first kappa shape index (κ1) is 15.0. The fourth-order valence-electron chi connectivity index (χ4n) is 0.831. The van der Waals surface area contributed by atoms with Gasteiger partial charge < -0.3 is 5.73 Å². The summed E-state index contributed by atoms with van der Waals surface area (Å²) >= 11 is 0. The molecule has 0 saturated heterocycles. The Morgan fingerprint density at radius 1 is 1.16 bits per heavy atom. The number of hydrogen-bond donors (Lipinski definition) is 3. The van der Waals surface area contributed by atoms with E-state index < -0.39 is 35.8 Å². The minimum Gasteiger partial charge on any atom is -0.368 e. The number of nitrogen functional groups attached to an aromatic ring is 1. The van der Waals surface area contributed by atoms with Crippen molar-refractivity contribution in [3.8, 4) is 0 Å². The summed E-state index contributed by atoms with van der Waals surface area (Å²) in [5, 5.41) is 5.78. The molecule has 1 amide bonds. The highest BCUT2D eigenvalue weighted by molar-refractivity contribution is 5.95. The van der Waals surface area contributed by atoms with Gasteiger partial charge in [-0.2, -0.15) is 35.7 Å². The summed E-state index contributed by atoms with van der Waals surface area (Å²) in [7, 11) is 0. The third-order valence-electron chi connectivity index (χ3n) is 1.76. The van der Waals surface area contributed by atoms with E-state index in [1.54, 1.807) is 0 Å². The lowest BCUT2D eigenvalue weighted by atomic mass is 10.1. The maximum Gasteiger partial charge on any atom is 0.460 e. The number of aromatic amines is 1. The van der Waals surface area contributed by atoms with E-state index in [-0.39, 0.29) is 0 Å². The first-order valence-electron chi connectivity index (χ1n) is 4.21. The van der Waals surface area contributed by atoms with Crippen LogP contribution in [0.3, 0.4) is 0 Å². The highest BCUT2D eigenvalue weighted by Crippen LogP contribution is 2.46. The van der Waals surface area contributed by atoms with Crippen molar-refractivity contribution in [1.29, 1.82) is 0 Å². The minimum atomic E-state index is -6.61. The summed E-state index contributed by atoms with van der Waals surface area (Å²) in [6, 6.07) is 0. The number of carbonyl (C=O) groups is 1. The van der Waals surface area contributed by atoms with Gasteiger partial charge in [0, 0.05) is 0 Å². The molecule has 0 radical (unpaired) electrons. The van der Waals surface area contributed by atoms with Gasteiger partial charge in [-0.15, -0.1) is 5.10 Å². The zero-order valence-corrected chi connectivity index (χ0v) is 8.53. The topological polar surface area (TPSA) is 96.7 Å². The van der Waals surface area contributed by atoms with Crippen LogP contribution < -0.4 is 11.1 Å². The molecular formula is C6H4F7N5O. The molecule has 6 nitrogen and oxygen atoms in total. The minimum absolute atomic E-state index is 0.471. The number of aromatic nitrogens is 3. The highest BCUT2D eigenvalue weighted by Gasteiger charge is 2.76. The quantitative estimate of drug-likeness (QED) is 0.729. The number of nitrogens with one attached hydrogen (secondary N) is 2. The lowest BCUT2D eigenvalue weighted by molar-refractivity contribution is -0.343. The number of halogens is 7. The molecule has 0 fully saturated rings. The second-order valence-corrected chi connectivity index (χ2v) is 3.14. The van der Waals surface area contributed by atoms with Crippen molar-refractivity contribution < 1.29 is 35.5 Å². The maximum atomic E-state index is 12.8. The first-order chi connectivity index (χ1) is 8.39. The van der Waals surface area contributed by atoms with E-state index in [4.69, 9.17) is 5.73 Å². The molecule has 0 atom stereocenters. The molecule has 0 saturated carbocycles. The second-order valence-electron chi connectivity index (χ2n) is 3.14. The molecule has 0 unspecified atom stereocenters. The van der Waals surface area contributed by atoms with E-state index in [0.717, 1.165) is 5.32 Å². The van der Waals surface area contributed by atoms with Crippen molar-refractivity contribution in [2.45, 2.75) is 18.0 Å². The highest BCUT2D eigenvalue weighted by atomic mass is 19.4. The van der Waals surface area contributed by atoms with Crippen LogP contribution in [0, 0.1) is 0 Å². The molecule has 1 aromatic rings. The zero-order chi connectivity index (χ0) is 15.1. The SMILES string of the molecule is Nc1nc(NC(=O)C(F)(F)C(F)(F)C(F)(F)F)n[nH]1. The number of nitrogens with zero attached hydrogens (tertiary/aromatic N) is 2. The number of alkyl halides is 7. The molecule has 1 heterocycles. The summed E-state index contributed by atoms with van der Waals surface area (Å²) in [4.78, 5) is 13.8. The molecule has 0 bridgehead atoms. The largest absolute Gasteiger partial charge is 0.460 e. The van der Waals surface area contributed by atoms with E-state index in [1.807, 2.05) is 5.10 Å². The monoisotopic (exact) mass is 295 g/mol. The Balaban J connectivity index is 2.97. The Hall–Kier alpha value is -2.08. The average Bonchev–Trinajstić information content (AvgIpc) is 2.61. The number of anilines is 2. The molecule has 13 heteroatoms. The van der Waals surface area contributed by atoms with Crippen LogP contribution in [0.4, 0.5) is 42.6 Å². The first-order valence-corrected chi connectivity index (χ1v) is 4.21. The summed E-state index contributed by atoms with van der Waals surface area (Å²) < 4.78 is 85.8. The van der Waals surface area contributed by atoms with Gasteiger partial charge in [-0.05, 0) is 0 Å². The van der Waals surface area contributed by atoms with Crippen LogP contribution in [0.1, 0.15) is 0 Å². The van der Waals surface area contributed by atoms with Gasteiger partial charge in [0.25, 0.3) is 5.95 Å². The Kier molecular flexibility index (Phi) is 3.34. The van der Waals surface area contributed by atoms with E-state index in [0.29, 0.717) is 0 Å². The van der Waals surface area contributed by atoms with E-state index in [2.05, 4.69) is 10.1 Å². The molecule has 108 valence electrons. The Morgan fingerprint density at radius 2 is 1.68 bits per heavy atom. The van der Waals surface area contributed by atoms with E-state index in [9.17, 15) is 35.5 Å². The van der Waals surface area contributed by atoms with Crippen LogP contribution in [-0.4, -0.2) is 39.1 Å². The van der Waals surface area contributed by atoms with Crippen LogP contribution in [0.5, 0.6) is 0 Å². The molecule has 4 N–H and O–H groups in total. The molecule has 0 aliphatic rings. The van der Waals surface area contributed by atoms with Crippen molar-refractivity contribution in [3.63, 3.8) is 0 Å².